The fourth-order valence-electron chi connectivity index (χ4n) is 2.03. The van der Waals surface area contributed by atoms with Crippen LogP contribution in [0.15, 0.2) is 18.2 Å². The van der Waals surface area contributed by atoms with E-state index >= 15 is 0 Å². The van der Waals surface area contributed by atoms with Gasteiger partial charge in [-0.05, 0) is 30.7 Å². The van der Waals surface area contributed by atoms with Gasteiger partial charge in [0.05, 0.1) is 18.6 Å². The number of rotatable bonds is 2. The molecule has 5 heteroatoms. The Balaban J connectivity index is 2.15. The summed E-state index contributed by atoms with van der Waals surface area (Å²) in [5, 5.41) is 0.643. The van der Waals surface area contributed by atoms with Crippen LogP contribution in [0.1, 0.15) is 15.9 Å². The van der Waals surface area contributed by atoms with Crippen LogP contribution in [0.3, 0.4) is 0 Å². The van der Waals surface area contributed by atoms with Gasteiger partial charge in [0.25, 0.3) is 5.91 Å². The molecule has 98 valence electrons. The number of halogens is 2. The zero-order valence-electron chi connectivity index (χ0n) is 10.2. The van der Waals surface area contributed by atoms with Crippen molar-refractivity contribution < 1.29 is 9.53 Å². The molecular weight excluding hydrogens is 273 g/mol. The number of carbonyl (C=O) groups is 1. The topological polar surface area (TPSA) is 29.5 Å². The first-order valence-corrected chi connectivity index (χ1v) is 6.76. The van der Waals surface area contributed by atoms with E-state index in [4.69, 9.17) is 27.9 Å². The Labute approximate surface area is 117 Å². The zero-order chi connectivity index (χ0) is 13.1. The minimum Gasteiger partial charge on any atom is -0.373 e. The average Bonchev–Trinajstić information content (AvgIpc) is 2.38. The van der Waals surface area contributed by atoms with Gasteiger partial charge in [-0.3, -0.25) is 4.79 Å². The van der Waals surface area contributed by atoms with Gasteiger partial charge >= 0.3 is 0 Å². The molecule has 1 unspecified atom stereocenters. The number of alkyl halides is 1. The second-order valence-electron chi connectivity index (χ2n) is 4.36. The summed E-state index contributed by atoms with van der Waals surface area (Å²) in [7, 11) is 0. The van der Waals surface area contributed by atoms with Gasteiger partial charge in [0.2, 0.25) is 0 Å². The molecule has 1 aromatic carbocycles. The maximum Gasteiger partial charge on any atom is 0.254 e. The molecule has 18 heavy (non-hydrogen) atoms. The van der Waals surface area contributed by atoms with Crippen LogP contribution in [0, 0.1) is 6.92 Å². The molecule has 1 saturated heterocycles. The van der Waals surface area contributed by atoms with Crippen LogP contribution in [0.4, 0.5) is 0 Å². The van der Waals surface area contributed by atoms with Gasteiger partial charge in [-0.15, -0.1) is 11.6 Å². The number of benzene rings is 1. The van der Waals surface area contributed by atoms with Crippen molar-refractivity contribution >= 4 is 29.1 Å². The molecule has 1 amide bonds. The number of aryl methyl sites for hydroxylation is 1. The molecule has 2 rings (SSSR count). The van der Waals surface area contributed by atoms with E-state index in [0.29, 0.717) is 36.2 Å². The lowest BCUT2D eigenvalue weighted by Gasteiger charge is -2.32. The first-order chi connectivity index (χ1) is 8.61. The summed E-state index contributed by atoms with van der Waals surface area (Å²) in [6, 6.07) is 5.31. The molecule has 1 heterocycles. The van der Waals surface area contributed by atoms with Crippen LogP contribution >= 0.6 is 23.2 Å². The number of hydrogen-bond acceptors (Lipinski definition) is 2. The number of carbonyl (C=O) groups excluding carboxylic acids is 1. The first-order valence-electron chi connectivity index (χ1n) is 5.85. The Kier molecular flexibility index (Phi) is 4.49. The fourth-order valence-corrected chi connectivity index (χ4v) is 2.45. The van der Waals surface area contributed by atoms with E-state index in [9.17, 15) is 4.79 Å². The summed E-state index contributed by atoms with van der Waals surface area (Å²) >= 11 is 11.7. The fraction of sp³-hybridized carbons (Fsp3) is 0.462. The van der Waals surface area contributed by atoms with Gasteiger partial charge in [0.15, 0.2) is 0 Å². The summed E-state index contributed by atoms with van der Waals surface area (Å²) in [4.78, 5) is 14.2. The highest BCUT2D eigenvalue weighted by molar-refractivity contribution is 6.30. The van der Waals surface area contributed by atoms with Crippen molar-refractivity contribution in [3.05, 3.63) is 34.3 Å². The highest BCUT2D eigenvalue weighted by Crippen LogP contribution is 2.18. The van der Waals surface area contributed by atoms with E-state index in [1.807, 2.05) is 6.92 Å². The number of morpholine rings is 1. The maximum atomic E-state index is 12.4. The molecule has 1 aliphatic rings. The minimum atomic E-state index is -0.0722. The zero-order valence-corrected chi connectivity index (χ0v) is 11.7. The molecule has 1 fully saturated rings. The largest absolute Gasteiger partial charge is 0.373 e. The number of ether oxygens (including phenoxy) is 1. The molecule has 0 bridgehead atoms. The summed E-state index contributed by atoms with van der Waals surface area (Å²) in [5.74, 6) is 0.422. The summed E-state index contributed by atoms with van der Waals surface area (Å²) < 4.78 is 5.45. The van der Waals surface area contributed by atoms with E-state index in [1.54, 1.807) is 23.1 Å². The molecule has 3 nitrogen and oxygen atoms in total. The maximum absolute atomic E-state index is 12.4. The van der Waals surface area contributed by atoms with Crippen molar-refractivity contribution in [3.8, 4) is 0 Å². The number of amides is 1. The molecule has 0 spiro atoms. The van der Waals surface area contributed by atoms with Crippen molar-refractivity contribution in [2.24, 2.45) is 0 Å². The molecule has 0 N–H and O–H groups in total. The van der Waals surface area contributed by atoms with Crippen molar-refractivity contribution in [2.45, 2.75) is 13.0 Å². The van der Waals surface area contributed by atoms with Crippen LogP contribution in [0.2, 0.25) is 5.02 Å². The van der Waals surface area contributed by atoms with Crippen LogP contribution in [0.25, 0.3) is 0 Å². The molecule has 1 aliphatic heterocycles. The third-order valence-electron chi connectivity index (χ3n) is 3.02. The lowest BCUT2D eigenvalue weighted by Crippen LogP contribution is -2.46. The molecule has 0 saturated carbocycles. The number of hydrogen-bond donors (Lipinski definition) is 0. The van der Waals surface area contributed by atoms with E-state index in [2.05, 4.69) is 0 Å². The van der Waals surface area contributed by atoms with Crippen molar-refractivity contribution in [1.29, 1.82) is 0 Å². The summed E-state index contributed by atoms with van der Waals surface area (Å²) in [6.07, 6.45) is -0.0722. The minimum absolute atomic E-state index is 0.0163. The Hall–Kier alpha value is -0.770. The van der Waals surface area contributed by atoms with Gasteiger partial charge in [-0.2, -0.15) is 0 Å². The highest BCUT2D eigenvalue weighted by atomic mass is 35.5. The van der Waals surface area contributed by atoms with Gasteiger partial charge < -0.3 is 9.64 Å². The van der Waals surface area contributed by atoms with Crippen LogP contribution in [-0.4, -0.2) is 42.5 Å². The number of nitrogens with zero attached hydrogens (tertiary/aromatic N) is 1. The standard InChI is InChI=1S/C13H15Cl2NO2/c1-9-6-10(15)2-3-12(9)13(17)16-4-5-18-11(7-14)8-16/h2-3,6,11H,4-5,7-8H2,1H3. The monoisotopic (exact) mass is 287 g/mol. The smallest absolute Gasteiger partial charge is 0.254 e. The first kappa shape index (κ1) is 13.7. The molecule has 1 aromatic rings. The Bertz CT molecular complexity index is 451. The normalized spacial score (nSPS) is 19.9. The second kappa shape index (κ2) is 5.91. The van der Waals surface area contributed by atoms with Crippen molar-refractivity contribution in [3.63, 3.8) is 0 Å². The van der Waals surface area contributed by atoms with Gasteiger partial charge in [-0.1, -0.05) is 11.6 Å². The average molecular weight is 288 g/mol. The summed E-state index contributed by atoms with van der Waals surface area (Å²) in [6.45, 7) is 3.58. The quantitative estimate of drug-likeness (QED) is 0.783. The molecular formula is C13H15Cl2NO2. The Morgan fingerprint density at radius 2 is 2.33 bits per heavy atom. The SMILES string of the molecule is Cc1cc(Cl)ccc1C(=O)N1CCOC(CCl)C1. The molecule has 0 aromatic heterocycles. The molecule has 1 atom stereocenters. The highest BCUT2D eigenvalue weighted by Gasteiger charge is 2.25. The third kappa shape index (κ3) is 2.97. The van der Waals surface area contributed by atoms with E-state index in [1.165, 1.54) is 0 Å². The Morgan fingerprint density at radius 1 is 1.56 bits per heavy atom. The lowest BCUT2D eigenvalue weighted by atomic mass is 10.1. The molecule has 0 aliphatic carbocycles. The van der Waals surface area contributed by atoms with E-state index in [-0.39, 0.29) is 12.0 Å². The predicted octanol–water partition coefficient (Wildman–Crippen LogP) is 2.73. The molecule has 0 radical (unpaired) electrons. The van der Waals surface area contributed by atoms with Gasteiger partial charge in [0, 0.05) is 23.7 Å². The van der Waals surface area contributed by atoms with E-state index < -0.39 is 0 Å². The van der Waals surface area contributed by atoms with Crippen LogP contribution in [-0.2, 0) is 4.74 Å². The summed E-state index contributed by atoms with van der Waals surface area (Å²) in [5.41, 5.74) is 1.58. The lowest BCUT2D eigenvalue weighted by molar-refractivity contribution is -0.0108. The third-order valence-corrected chi connectivity index (χ3v) is 3.60. The van der Waals surface area contributed by atoms with Crippen LogP contribution < -0.4 is 0 Å². The van der Waals surface area contributed by atoms with E-state index in [0.717, 1.165) is 5.56 Å². The van der Waals surface area contributed by atoms with Crippen molar-refractivity contribution in [2.75, 3.05) is 25.6 Å². The van der Waals surface area contributed by atoms with Crippen LogP contribution in [0.5, 0.6) is 0 Å². The van der Waals surface area contributed by atoms with Gasteiger partial charge in [0.1, 0.15) is 0 Å². The second-order valence-corrected chi connectivity index (χ2v) is 5.10. The predicted molar refractivity (Wildman–Crippen MR) is 72.6 cm³/mol. The van der Waals surface area contributed by atoms with Gasteiger partial charge in [-0.25, -0.2) is 0 Å². The van der Waals surface area contributed by atoms with Crippen molar-refractivity contribution in [1.82, 2.24) is 4.90 Å². The Morgan fingerprint density at radius 3 is 3.00 bits per heavy atom.